The molecule has 7 heteroatoms. The van der Waals surface area contributed by atoms with Gasteiger partial charge in [0.2, 0.25) is 10.0 Å². The van der Waals surface area contributed by atoms with E-state index in [1.807, 2.05) is 32.0 Å². The predicted octanol–water partition coefficient (Wildman–Crippen LogP) is 3.58. The Balaban J connectivity index is 1.73. The summed E-state index contributed by atoms with van der Waals surface area (Å²) in [7, 11) is -2.41. The van der Waals surface area contributed by atoms with Crippen molar-refractivity contribution in [1.82, 2.24) is 4.72 Å². The van der Waals surface area contributed by atoms with E-state index < -0.39 is 16.1 Å². The Morgan fingerprint density at radius 3 is 2.39 bits per heavy atom. The highest BCUT2D eigenvalue weighted by Crippen LogP contribution is 2.28. The van der Waals surface area contributed by atoms with Crippen LogP contribution in [0.25, 0.3) is 11.3 Å². The van der Waals surface area contributed by atoms with Crippen LogP contribution in [0.5, 0.6) is 5.75 Å². The molecule has 2 aromatic carbocycles. The summed E-state index contributed by atoms with van der Waals surface area (Å²) in [6.07, 6.45) is 0.603. The number of benzene rings is 2. The van der Waals surface area contributed by atoms with Crippen LogP contribution < -0.4 is 9.46 Å². The van der Waals surface area contributed by atoms with Crippen molar-refractivity contribution in [2.45, 2.75) is 24.8 Å². The zero-order chi connectivity index (χ0) is 20.3. The molecule has 0 bridgehead atoms. The van der Waals surface area contributed by atoms with Crippen LogP contribution in [-0.2, 0) is 10.0 Å². The van der Waals surface area contributed by atoms with Gasteiger partial charge >= 0.3 is 0 Å². The van der Waals surface area contributed by atoms with Crippen molar-refractivity contribution in [1.29, 1.82) is 0 Å². The molecule has 1 atom stereocenters. The van der Waals surface area contributed by atoms with E-state index in [4.69, 9.17) is 9.15 Å². The first-order valence-electron chi connectivity index (χ1n) is 8.78. The molecule has 148 valence electrons. The van der Waals surface area contributed by atoms with E-state index in [1.54, 1.807) is 36.6 Å². The van der Waals surface area contributed by atoms with Crippen LogP contribution in [0.4, 0.5) is 0 Å². The summed E-state index contributed by atoms with van der Waals surface area (Å²) in [6, 6.07) is 14.0. The summed E-state index contributed by atoms with van der Waals surface area (Å²) < 4.78 is 38.4. The number of ether oxygens (including phenoxy) is 1. The molecule has 0 amide bonds. The lowest BCUT2D eigenvalue weighted by molar-refractivity contribution is 0.182. The minimum absolute atomic E-state index is 0.0541. The van der Waals surface area contributed by atoms with Gasteiger partial charge in [-0.2, -0.15) is 0 Å². The van der Waals surface area contributed by atoms with Gasteiger partial charge in [0.15, 0.2) is 0 Å². The van der Waals surface area contributed by atoms with Crippen LogP contribution in [0.2, 0.25) is 0 Å². The molecule has 0 radical (unpaired) electrons. The summed E-state index contributed by atoms with van der Waals surface area (Å²) in [5.41, 5.74) is 3.26. The van der Waals surface area contributed by atoms with Crippen molar-refractivity contribution < 1.29 is 22.7 Å². The highest BCUT2D eigenvalue weighted by atomic mass is 32.2. The minimum Gasteiger partial charge on any atom is -0.495 e. The van der Waals surface area contributed by atoms with Crippen molar-refractivity contribution in [3.63, 3.8) is 0 Å². The fourth-order valence-corrected chi connectivity index (χ4v) is 4.10. The molecular formula is C21H23NO5S. The number of hydrogen-bond donors (Lipinski definition) is 2. The van der Waals surface area contributed by atoms with Crippen molar-refractivity contribution in [2.75, 3.05) is 13.7 Å². The number of hydrogen-bond acceptors (Lipinski definition) is 5. The normalized spacial score (nSPS) is 12.7. The first kappa shape index (κ1) is 20.1. The van der Waals surface area contributed by atoms with Crippen LogP contribution in [0, 0.1) is 13.8 Å². The Morgan fingerprint density at radius 2 is 1.79 bits per heavy atom. The Kier molecular flexibility index (Phi) is 5.88. The molecule has 1 aromatic heterocycles. The van der Waals surface area contributed by atoms with Gasteiger partial charge in [0.25, 0.3) is 0 Å². The van der Waals surface area contributed by atoms with Crippen molar-refractivity contribution in [2.24, 2.45) is 0 Å². The first-order valence-corrected chi connectivity index (χ1v) is 10.3. The molecule has 2 N–H and O–H groups in total. The minimum atomic E-state index is -3.84. The van der Waals surface area contributed by atoms with E-state index in [-0.39, 0.29) is 17.2 Å². The van der Waals surface area contributed by atoms with Crippen molar-refractivity contribution in [3.05, 3.63) is 71.5 Å². The fraction of sp³-hybridized carbons (Fsp3) is 0.238. The lowest BCUT2D eigenvalue weighted by atomic mass is 10.1. The molecule has 0 aliphatic carbocycles. The van der Waals surface area contributed by atoms with Gasteiger partial charge in [-0.05, 0) is 54.8 Å². The first-order chi connectivity index (χ1) is 13.3. The maximum atomic E-state index is 12.7. The number of aliphatic hydroxyl groups excluding tert-OH is 1. The van der Waals surface area contributed by atoms with Crippen molar-refractivity contribution in [3.8, 4) is 17.1 Å². The number of sulfonamides is 1. The molecule has 0 saturated heterocycles. The zero-order valence-corrected chi connectivity index (χ0v) is 16.8. The number of aryl methyl sites for hydroxylation is 2. The summed E-state index contributed by atoms with van der Waals surface area (Å²) in [5, 5.41) is 10.4. The fourth-order valence-electron chi connectivity index (χ4n) is 2.83. The second kappa shape index (κ2) is 8.18. The standard InChI is InChI=1S/C21H23NO5S/c1-14-11-20(26-3)21(12-15(14)2)28(24,25)22-13-18(23)16-6-8-17(9-7-16)19-5-4-10-27-19/h4-12,18,22-23H,13H2,1-3H3/t18-/m0/s1. The number of methoxy groups -OCH3 is 1. The Bertz CT molecular complexity index is 1040. The van der Waals surface area contributed by atoms with Gasteiger partial charge in [-0.1, -0.05) is 24.3 Å². The van der Waals surface area contributed by atoms with Crippen molar-refractivity contribution >= 4 is 10.0 Å². The van der Waals surface area contributed by atoms with E-state index in [2.05, 4.69) is 4.72 Å². The van der Waals surface area contributed by atoms with Gasteiger partial charge in [-0.15, -0.1) is 0 Å². The maximum absolute atomic E-state index is 12.7. The molecule has 0 spiro atoms. The highest BCUT2D eigenvalue weighted by molar-refractivity contribution is 7.89. The molecular weight excluding hydrogens is 378 g/mol. The van der Waals surface area contributed by atoms with Crippen LogP contribution in [0.3, 0.4) is 0 Å². The average Bonchev–Trinajstić information content (AvgIpc) is 3.23. The third-order valence-corrected chi connectivity index (χ3v) is 6.08. The molecule has 3 rings (SSSR count). The SMILES string of the molecule is COc1cc(C)c(C)cc1S(=O)(=O)NC[C@H](O)c1ccc(-c2ccco2)cc1. The lowest BCUT2D eigenvalue weighted by Crippen LogP contribution is -2.29. The van der Waals surface area contributed by atoms with Crippen LogP contribution in [0.15, 0.2) is 64.1 Å². The lowest BCUT2D eigenvalue weighted by Gasteiger charge is -2.16. The summed E-state index contributed by atoms with van der Waals surface area (Å²) in [5.74, 6) is 0.997. The van der Waals surface area contributed by atoms with E-state index in [0.717, 1.165) is 22.5 Å². The number of nitrogens with one attached hydrogen (secondary N) is 1. The number of furan rings is 1. The van der Waals surface area contributed by atoms with E-state index in [1.165, 1.54) is 7.11 Å². The van der Waals surface area contributed by atoms with Gasteiger partial charge in [0.05, 0.1) is 19.5 Å². The molecule has 0 unspecified atom stereocenters. The quantitative estimate of drug-likeness (QED) is 0.632. The second-order valence-corrected chi connectivity index (χ2v) is 8.29. The molecule has 0 aliphatic rings. The molecule has 0 fully saturated rings. The molecule has 0 saturated carbocycles. The number of aliphatic hydroxyl groups is 1. The Labute approximate surface area is 164 Å². The average molecular weight is 401 g/mol. The van der Waals surface area contributed by atoms with Gasteiger partial charge in [-0.3, -0.25) is 0 Å². The Morgan fingerprint density at radius 1 is 1.11 bits per heavy atom. The molecule has 28 heavy (non-hydrogen) atoms. The van der Waals surface area contributed by atoms with Gasteiger partial charge in [0.1, 0.15) is 16.4 Å². The van der Waals surface area contributed by atoms with Crippen LogP contribution >= 0.6 is 0 Å². The highest BCUT2D eigenvalue weighted by Gasteiger charge is 2.22. The summed E-state index contributed by atoms with van der Waals surface area (Å²) >= 11 is 0. The van der Waals surface area contributed by atoms with E-state index in [0.29, 0.717) is 5.56 Å². The van der Waals surface area contributed by atoms with Crippen LogP contribution in [-0.4, -0.2) is 27.2 Å². The smallest absolute Gasteiger partial charge is 0.244 e. The van der Waals surface area contributed by atoms with Gasteiger partial charge < -0.3 is 14.3 Å². The zero-order valence-electron chi connectivity index (χ0n) is 16.0. The molecule has 1 heterocycles. The monoisotopic (exact) mass is 401 g/mol. The molecule has 3 aromatic rings. The topological polar surface area (TPSA) is 88.8 Å². The third-order valence-electron chi connectivity index (χ3n) is 4.64. The molecule has 0 aliphatic heterocycles. The molecule has 6 nitrogen and oxygen atoms in total. The second-order valence-electron chi connectivity index (χ2n) is 6.55. The van der Waals surface area contributed by atoms with E-state index in [9.17, 15) is 13.5 Å². The van der Waals surface area contributed by atoms with Gasteiger partial charge in [-0.25, -0.2) is 13.1 Å². The summed E-state index contributed by atoms with van der Waals surface area (Å²) in [4.78, 5) is 0.0541. The predicted molar refractivity (Wildman–Crippen MR) is 107 cm³/mol. The number of rotatable bonds is 7. The van der Waals surface area contributed by atoms with Gasteiger partial charge in [0, 0.05) is 12.1 Å². The maximum Gasteiger partial charge on any atom is 0.244 e. The van der Waals surface area contributed by atoms with Crippen LogP contribution in [0.1, 0.15) is 22.8 Å². The third kappa shape index (κ3) is 4.27. The summed E-state index contributed by atoms with van der Waals surface area (Å²) in [6.45, 7) is 3.57. The largest absolute Gasteiger partial charge is 0.495 e. The Hall–Kier alpha value is -2.61. The van der Waals surface area contributed by atoms with E-state index >= 15 is 0 Å².